The van der Waals surface area contributed by atoms with Gasteiger partial charge in [0.1, 0.15) is 0 Å². The molecule has 7 heteroatoms. The Bertz CT molecular complexity index is 1160. The van der Waals surface area contributed by atoms with Crippen LogP contribution in [0.5, 0.6) is 0 Å². The topological polar surface area (TPSA) is 78.0 Å². The van der Waals surface area contributed by atoms with E-state index >= 15 is 0 Å². The molecule has 0 aliphatic carbocycles. The van der Waals surface area contributed by atoms with Crippen LogP contribution in [0.2, 0.25) is 0 Å². The van der Waals surface area contributed by atoms with E-state index in [1.165, 1.54) is 21.4 Å². The van der Waals surface area contributed by atoms with Crippen LogP contribution in [0.25, 0.3) is 21.8 Å². The highest BCUT2D eigenvalue weighted by Gasteiger charge is 2.11. The van der Waals surface area contributed by atoms with Crippen molar-refractivity contribution >= 4 is 47.8 Å². The number of benzene rings is 2. The van der Waals surface area contributed by atoms with Crippen molar-refractivity contribution in [2.45, 2.75) is 18.4 Å². The van der Waals surface area contributed by atoms with E-state index in [0.29, 0.717) is 10.9 Å². The number of para-hydroxylation sites is 1. The summed E-state index contributed by atoms with van der Waals surface area (Å²) in [5, 5.41) is 6.92. The molecule has 5 nitrogen and oxygen atoms in total. The molecule has 26 heavy (non-hydrogen) atoms. The summed E-state index contributed by atoms with van der Waals surface area (Å²) in [6.07, 6.45) is 3.73. The molecule has 0 aliphatic rings. The first-order valence-corrected chi connectivity index (χ1v) is 10.4. The monoisotopic (exact) mass is 431 g/mol. The Morgan fingerprint density at radius 3 is 2.58 bits per heavy atom. The molecule has 0 aliphatic heterocycles. The molecule has 0 radical (unpaired) electrons. The molecule has 2 aromatic heterocycles. The van der Waals surface area contributed by atoms with Crippen LogP contribution in [0.3, 0.4) is 0 Å². The van der Waals surface area contributed by atoms with Gasteiger partial charge in [0.2, 0.25) is 10.0 Å². The van der Waals surface area contributed by atoms with Crippen molar-refractivity contribution < 1.29 is 8.42 Å². The van der Waals surface area contributed by atoms with E-state index in [1.807, 2.05) is 0 Å². The molecule has 0 spiro atoms. The number of fused-ring (bicyclic) bond motifs is 2. The Morgan fingerprint density at radius 2 is 1.85 bits per heavy atom. The lowest BCUT2D eigenvalue weighted by Crippen LogP contribution is -2.12. The number of sulfonamides is 1. The quantitative estimate of drug-likeness (QED) is 0.513. The summed E-state index contributed by atoms with van der Waals surface area (Å²) in [5.41, 5.74) is 1.92. The Morgan fingerprint density at radius 1 is 1.08 bits per heavy atom. The maximum absolute atomic E-state index is 11.2. The minimum absolute atomic E-state index is 0.114. The number of hydrogen-bond donors (Lipinski definition) is 1. The maximum Gasteiger partial charge on any atom is 0.238 e. The standard InChI is InChI=1S/C10H10BrN.C9H8N2O2S/c1-2-12-7-6-8-4-3-5-9(11)10(8)12;10-14(12,13)9-5-1-4-8-7(9)3-2-6-11-8/h3-7H,2H2,1H3;1-6H,(H2,10,12,13). The molecule has 0 fully saturated rings. The Balaban J connectivity index is 0.000000152. The molecule has 2 N–H and O–H groups in total. The molecular weight excluding hydrogens is 414 g/mol. The predicted molar refractivity (Wildman–Crippen MR) is 108 cm³/mol. The van der Waals surface area contributed by atoms with Crippen molar-refractivity contribution in [1.82, 2.24) is 9.55 Å². The first kappa shape index (κ1) is 18.6. The third kappa shape index (κ3) is 3.80. The molecule has 2 aromatic carbocycles. The van der Waals surface area contributed by atoms with Gasteiger partial charge in [-0.15, -0.1) is 0 Å². The van der Waals surface area contributed by atoms with Crippen molar-refractivity contribution in [1.29, 1.82) is 0 Å². The van der Waals surface area contributed by atoms with E-state index < -0.39 is 10.0 Å². The highest BCUT2D eigenvalue weighted by molar-refractivity contribution is 9.10. The second-order valence-corrected chi connectivity index (χ2v) is 8.03. The highest BCUT2D eigenvalue weighted by atomic mass is 79.9. The summed E-state index contributed by atoms with van der Waals surface area (Å²) in [5.74, 6) is 0. The van der Waals surface area contributed by atoms with Crippen molar-refractivity contribution in [2.75, 3.05) is 0 Å². The fourth-order valence-corrected chi connectivity index (χ4v) is 4.16. The van der Waals surface area contributed by atoms with Crippen LogP contribution in [0, 0.1) is 0 Å². The SMILES string of the molecule is CCn1ccc2cccc(Br)c21.NS(=O)(=O)c1cccc2ncccc12. The van der Waals surface area contributed by atoms with E-state index in [1.54, 1.807) is 30.5 Å². The largest absolute Gasteiger partial charge is 0.347 e. The summed E-state index contributed by atoms with van der Waals surface area (Å²) in [6.45, 7) is 3.17. The normalized spacial score (nSPS) is 11.3. The third-order valence-corrected chi connectivity index (χ3v) is 5.60. The van der Waals surface area contributed by atoms with Crippen LogP contribution in [0.15, 0.2) is 76.4 Å². The molecule has 4 aromatic rings. The van der Waals surface area contributed by atoms with Gasteiger partial charge in [-0.1, -0.05) is 18.2 Å². The molecule has 4 rings (SSSR count). The summed E-state index contributed by atoms with van der Waals surface area (Å²) in [7, 11) is -3.67. The number of aromatic nitrogens is 2. The van der Waals surface area contributed by atoms with E-state index in [9.17, 15) is 8.42 Å². The van der Waals surface area contributed by atoms with Crippen LogP contribution in [-0.2, 0) is 16.6 Å². The summed E-state index contributed by atoms with van der Waals surface area (Å²) in [4.78, 5) is 4.15. The number of rotatable bonds is 2. The lowest BCUT2D eigenvalue weighted by Gasteiger charge is -2.02. The molecule has 2 heterocycles. The maximum atomic E-state index is 11.2. The number of hydrogen-bond acceptors (Lipinski definition) is 3. The minimum atomic E-state index is -3.67. The molecule has 0 saturated carbocycles. The summed E-state index contributed by atoms with van der Waals surface area (Å²) in [6, 6.07) is 16.6. The van der Waals surface area contributed by atoms with Crippen molar-refractivity contribution in [2.24, 2.45) is 5.14 Å². The number of pyridine rings is 1. The highest BCUT2D eigenvalue weighted by Crippen LogP contribution is 2.24. The number of aryl methyl sites for hydroxylation is 1. The second-order valence-electron chi connectivity index (χ2n) is 5.65. The smallest absolute Gasteiger partial charge is 0.238 e. The fraction of sp³-hybridized carbons (Fsp3) is 0.105. The van der Waals surface area contributed by atoms with Gasteiger partial charge < -0.3 is 4.57 Å². The van der Waals surface area contributed by atoms with Crippen LogP contribution in [-0.4, -0.2) is 18.0 Å². The molecule has 0 saturated heterocycles. The van der Waals surface area contributed by atoms with Gasteiger partial charge in [0.15, 0.2) is 0 Å². The van der Waals surface area contributed by atoms with Crippen LogP contribution < -0.4 is 5.14 Å². The van der Waals surface area contributed by atoms with E-state index in [0.717, 1.165) is 6.54 Å². The number of nitrogens with two attached hydrogens (primary N) is 1. The van der Waals surface area contributed by atoms with Crippen LogP contribution in [0.4, 0.5) is 0 Å². The number of primary sulfonamides is 1. The van der Waals surface area contributed by atoms with Gasteiger partial charge in [-0.05, 0) is 59.3 Å². The van der Waals surface area contributed by atoms with Crippen LogP contribution in [0.1, 0.15) is 6.92 Å². The molecule has 0 bridgehead atoms. The Kier molecular flexibility index (Phi) is 5.41. The predicted octanol–water partition coefficient (Wildman–Crippen LogP) is 4.31. The molecule has 0 amide bonds. The number of nitrogens with zero attached hydrogens (tertiary/aromatic N) is 2. The zero-order valence-corrected chi connectivity index (χ0v) is 16.5. The summed E-state index contributed by atoms with van der Waals surface area (Å²) >= 11 is 3.55. The van der Waals surface area contributed by atoms with Gasteiger partial charge in [0, 0.05) is 34.2 Å². The van der Waals surface area contributed by atoms with Gasteiger partial charge in [-0.25, -0.2) is 13.6 Å². The first-order chi connectivity index (χ1) is 12.4. The van der Waals surface area contributed by atoms with Gasteiger partial charge >= 0.3 is 0 Å². The lowest BCUT2D eigenvalue weighted by atomic mass is 10.2. The average molecular weight is 432 g/mol. The van der Waals surface area contributed by atoms with E-state index in [-0.39, 0.29) is 4.90 Å². The molecule has 0 atom stereocenters. The van der Waals surface area contributed by atoms with Crippen molar-refractivity contribution in [3.63, 3.8) is 0 Å². The first-order valence-electron chi connectivity index (χ1n) is 8.01. The van der Waals surface area contributed by atoms with Gasteiger partial charge in [0.05, 0.1) is 15.9 Å². The molecule has 0 unspecified atom stereocenters. The fourth-order valence-electron chi connectivity index (χ4n) is 2.80. The lowest BCUT2D eigenvalue weighted by molar-refractivity contribution is 0.598. The molecule has 134 valence electrons. The van der Waals surface area contributed by atoms with Gasteiger partial charge in [-0.3, -0.25) is 4.98 Å². The Labute approximate surface area is 160 Å². The van der Waals surface area contributed by atoms with Crippen LogP contribution >= 0.6 is 15.9 Å². The zero-order valence-electron chi connectivity index (χ0n) is 14.1. The van der Waals surface area contributed by atoms with E-state index in [4.69, 9.17) is 5.14 Å². The van der Waals surface area contributed by atoms with Gasteiger partial charge in [-0.2, -0.15) is 0 Å². The molecular formula is C19H18BrN3O2S. The van der Waals surface area contributed by atoms with Crippen molar-refractivity contribution in [3.8, 4) is 0 Å². The average Bonchev–Trinajstić information content (AvgIpc) is 3.06. The van der Waals surface area contributed by atoms with E-state index in [2.05, 4.69) is 62.9 Å². The third-order valence-electron chi connectivity index (χ3n) is 3.99. The Hall–Kier alpha value is -2.22. The number of halogens is 1. The van der Waals surface area contributed by atoms with Gasteiger partial charge in [0.25, 0.3) is 0 Å². The summed E-state index contributed by atoms with van der Waals surface area (Å²) < 4.78 is 25.8. The zero-order chi connectivity index (χ0) is 18.7. The van der Waals surface area contributed by atoms with Crippen molar-refractivity contribution in [3.05, 3.63) is 71.5 Å². The minimum Gasteiger partial charge on any atom is -0.347 e. The second kappa shape index (κ2) is 7.57.